The zero-order chi connectivity index (χ0) is 37.0. The van der Waals surface area contributed by atoms with Crippen molar-refractivity contribution in [3.05, 3.63) is 218 Å². The van der Waals surface area contributed by atoms with Gasteiger partial charge in [0, 0.05) is 0 Å². The van der Waals surface area contributed by atoms with E-state index in [0.717, 1.165) is 0 Å². The lowest BCUT2D eigenvalue weighted by Crippen LogP contribution is -1.92. The van der Waals surface area contributed by atoms with Crippen molar-refractivity contribution in [1.29, 1.82) is 0 Å². The van der Waals surface area contributed by atoms with Crippen molar-refractivity contribution < 1.29 is 0 Å². The molecule has 0 unspecified atom stereocenters. The Balaban J connectivity index is 1.12. The summed E-state index contributed by atoms with van der Waals surface area (Å²) < 4.78 is 0. The first-order valence-corrected chi connectivity index (χ1v) is 19.4. The van der Waals surface area contributed by atoms with Gasteiger partial charge in [-0.3, -0.25) is 0 Å². The van der Waals surface area contributed by atoms with Crippen LogP contribution in [0.1, 0.15) is 0 Å². The number of hydrogen-bond acceptors (Lipinski definition) is 0. The van der Waals surface area contributed by atoms with Crippen molar-refractivity contribution in [1.82, 2.24) is 0 Å². The van der Waals surface area contributed by atoms with Crippen molar-refractivity contribution in [2.75, 3.05) is 0 Å². The third kappa shape index (κ3) is 5.22. The maximum atomic E-state index is 2.42. The minimum Gasteiger partial charge on any atom is -0.0622 e. The van der Waals surface area contributed by atoms with Gasteiger partial charge < -0.3 is 0 Å². The summed E-state index contributed by atoms with van der Waals surface area (Å²) in [5.41, 5.74) is 12.4. The number of hydrogen-bond donors (Lipinski definition) is 0. The largest absolute Gasteiger partial charge is 0.0622 e. The van der Waals surface area contributed by atoms with E-state index in [1.54, 1.807) is 0 Å². The van der Waals surface area contributed by atoms with E-state index in [1.165, 1.54) is 109 Å². The predicted molar refractivity (Wildman–Crippen MR) is 241 cm³/mol. The minimum absolute atomic E-state index is 1.20. The van der Waals surface area contributed by atoms with Crippen LogP contribution in [0.25, 0.3) is 109 Å². The van der Waals surface area contributed by atoms with E-state index in [2.05, 4.69) is 218 Å². The quantitative estimate of drug-likeness (QED) is 0.156. The van der Waals surface area contributed by atoms with Gasteiger partial charge in [-0.15, -0.1) is 0 Å². The van der Waals surface area contributed by atoms with Crippen molar-refractivity contribution in [3.8, 4) is 55.6 Å². The number of rotatable bonds is 5. The second-order valence-corrected chi connectivity index (χ2v) is 14.8. The smallest absolute Gasteiger partial charge is 0.00259 e. The third-order valence-corrected chi connectivity index (χ3v) is 11.6. The van der Waals surface area contributed by atoms with Gasteiger partial charge in [0.2, 0.25) is 0 Å². The van der Waals surface area contributed by atoms with Crippen molar-refractivity contribution in [2.45, 2.75) is 0 Å². The number of benzene rings is 11. The van der Waals surface area contributed by atoms with E-state index in [9.17, 15) is 0 Å². The van der Waals surface area contributed by atoms with E-state index < -0.39 is 0 Å². The van der Waals surface area contributed by atoms with Crippen LogP contribution in [0.5, 0.6) is 0 Å². The molecule has 0 saturated heterocycles. The molecule has 11 aromatic rings. The summed E-state index contributed by atoms with van der Waals surface area (Å²) in [5.74, 6) is 0. The summed E-state index contributed by atoms with van der Waals surface area (Å²) in [4.78, 5) is 0. The fourth-order valence-corrected chi connectivity index (χ4v) is 9.11. The Bertz CT molecular complexity index is 3210. The molecule has 0 aromatic heterocycles. The Morgan fingerprint density at radius 1 is 0.161 bits per heavy atom. The summed E-state index contributed by atoms with van der Waals surface area (Å²) in [7, 11) is 0. The molecule has 0 radical (unpaired) electrons. The molecule has 0 aliphatic carbocycles. The van der Waals surface area contributed by atoms with Gasteiger partial charge in [0.05, 0.1) is 0 Å². The first-order chi connectivity index (χ1) is 27.8. The van der Waals surface area contributed by atoms with E-state index in [1.807, 2.05) is 0 Å². The fourth-order valence-electron chi connectivity index (χ4n) is 9.11. The van der Waals surface area contributed by atoms with Crippen LogP contribution in [0, 0.1) is 0 Å². The molecule has 0 atom stereocenters. The predicted octanol–water partition coefficient (Wildman–Crippen LogP) is 15.8. The fraction of sp³-hybridized carbons (Fsp3) is 0. The highest BCUT2D eigenvalue weighted by Crippen LogP contribution is 2.47. The average Bonchev–Trinajstić information content (AvgIpc) is 3.27. The summed E-state index contributed by atoms with van der Waals surface area (Å²) in [6, 6.07) is 80.3. The number of fused-ring (bicyclic) bond motifs is 5. The maximum absolute atomic E-state index is 2.42. The van der Waals surface area contributed by atoms with Crippen LogP contribution in [0.2, 0.25) is 0 Å². The average molecular weight is 709 g/mol. The molecule has 0 amide bonds. The highest BCUT2D eigenvalue weighted by molar-refractivity contribution is 6.23. The van der Waals surface area contributed by atoms with Gasteiger partial charge in [-0.05, 0) is 122 Å². The zero-order valence-electron chi connectivity index (χ0n) is 30.8. The van der Waals surface area contributed by atoms with Crippen LogP contribution in [-0.2, 0) is 0 Å². The van der Waals surface area contributed by atoms with Crippen LogP contribution in [0.3, 0.4) is 0 Å². The second kappa shape index (κ2) is 13.2. The Morgan fingerprint density at radius 2 is 0.500 bits per heavy atom. The summed E-state index contributed by atoms with van der Waals surface area (Å²) in [6.45, 7) is 0. The van der Waals surface area contributed by atoms with Gasteiger partial charge in [0.1, 0.15) is 0 Å². The highest BCUT2D eigenvalue weighted by atomic mass is 14.2. The molecule has 0 aliphatic heterocycles. The normalized spacial score (nSPS) is 11.6. The molecule has 0 N–H and O–H groups in total. The molecule has 0 fully saturated rings. The highest BCUT2D eigenvalue weighted by Gasteiger charge is 2.19. The van der Waals surface area contributed by atoms with Gasteiger partial charge in [0.15, 0.2) is 0 Å². The van der Waals surface area contributed by atoms with Crippen molar-refractivity contribution in [2.24, 2.45) is 0 Å². The molecule has 0 saturated carbocycles. The summed E-state index contributed by atoms with van der Waals surface area (Å²) in [6.07, 6.45) is 0. The Morgan fingerprint density at radius 3 is 1.00 bits per heavy atom. The zero-order valence-corrected chi connectivity index (χ0v) is 30.8. The molecule has 11 aromatic carbocycles. The van der Waals surface area contributed by atoms with E-state index in [0.29, 0.717) is 0 Å². The Kier molecular flexibility index (Phi) is 7.60. The van der Waals surface area contributed by atoms with Crippen molar-refractivity contribution in [3.63, 3.8) is 0 Å². The summed E-state index contributed by atoms with van der Waals surface area (Å²) in [5, 5.41) is 12.6. The molecule has 0 heterocycles. The molecule has 0 heteroatoms. The van der Waals surface area contributed by atoms with E-state index in [-0.39, 0.29) is 0 Å². The second-order valence-electron chi connectivity index (χ2n) is 14.8. The molecule has 0 nitrogen and oxygen atoms in total. The lowest BCUT2D eigenvalue weighted by Gasteiger charge is -2.19. The Hall–Kier alpha value is -7.28. The van der Waals surface area contributed by atoms with E-state index >= 15 is 0 Å². The maximum Gasteiger partial charge on any atom is -0.00259 e. The summed E-state index contributed by atoms with van der Waals surface area (Å²) >= 11 is 0. The van der Waals surface area contributed by atoms with Gasteiger partial charge in [-0.25, -0.2) is 0 Å². The van der Waals surface area contributed by atoms with Crippen LogP contribution in [-0.4, -0.2) is 0 Å². The van der Waals surface area contributed by atoms with Gasteiger partial charge >= 0.3 is 0 Å². The van der Waals surface area contributed by atoms with Crippen LogP contribution >= 0.6 is 0 Å². The molecule has 0 aliphatic rings. The molecule has 260 valence electrons. The molecular weight excluding hydrogens is 673 g/mol. The van der Waals surface area contributed by atoms with Gasteiger partial charge in [0.25, 0.3) is 0 Å². The third-order valence-electron chi connectivity index (χ3n) is 11.6. The monoisotopic (exact) mass is 708 g/mol. The first-order valence-electron chi connectivity index (χ1n) is 19.4. The molecule has 56 heavy (non-hydrogen) atoms. The Labute approximate surface area is 326 Å². The SMILES string of the molecule is c1ccc(-c2c3ccccc3c(-c3ccc(-c4ccc5c(-c6ccccc6)c6ccccc6c(-c6ccc7ccccc7c6)c5c4)cc3)c3ccccc23)cc1. The van der Waals surface area contributed by atoms with Gasteiger partial charge in [-0.2, -0.15) is 0 Å². The molecule has 0 spiro atoms. The molecule has 11 rings (SSSR count). The van der Waals surface area contributed by atoms with Crippen LogP contribution in [0.4, 0.5) is 0 Å². The van der Waals surface area contributed by atoms with Crippen LogP contribution < -0.4 is 0 Å². The van der Waals surface area contributed by atoms with Crippen LogP contribution in [0.15, 0.2) is 218 Å². The van der Waals surface area contributed by atoms with E-state index in [4.69, 9.17) is 0 Å². The lowest BCUT2D eigenvalue weighted by atomic mass is 9.84. The minimum atomic E-state index is 1.20. The molecular formula is C56H36. The van der Waals surface area contributed by atoms with Crippen molar-refractivity contribution >= 4 is 53.9 Å². The first kappa shape index (κ1) is 32.2. The lowest BCUT2D eigenvalue weighted by molar-refractivity contribution is 1.62. The van der Waals surface area contributed by atoms with Gasteiger partial charge in [-0.1, -0.05) is 206 Å². The molecule has 0 bridgehead atoms. The topological polar surface area (TPSA) is 0 Å². The standard InChI is InChI=1S/C56H36/c1-3-16-39(17-4-1)53-45-21-9-11-23-47(45)55(48-24-12-10-22-46(48)53)41-30-27-38(28-31-41)43-33-34-51-52(36-43)56(44-32-29-37-15-7-8-20-42(37)35-44)50-26-14-13-25-49(50)54(51)40-18-5-2-6-19-40/h1-36H.